The third-order valence-corrected chi connectivity index (χ3v) is 2.49. The number of rotatable bonds is 4. The van der Waals surface area contributed by atoms with Crippen LogP contribution in [0.3, 0.4) is 0 Å². The van der Waals surface area contributed by atoms with Crippen LogP contribution >= 0.6 is 0 Å². The number of nitrogens with one attached hydrogen (secondary N) is 1. The summed E-state index contributed by atoms with van der Waals surface area (Å²) < 4.78 is 41.8. The first-order chi connectivity index (χ1) is 12.7. The monoisotopic (exact) mass is 384 g/mol. The molecule has 0 aromatic carbocycles. The third-order valence-electron chi connectivity index (χ3n) is 2.49. The average molecular weight is 384 g/mol. The van der Waals surface area contributed by atoms with Crippen LogP contribution in [0, 0.1) is 12.8 Å². The van der Waals surface area contributed by atoms with E-state index >= 15 is 0 Å². The van der Waals surface area contributed by atoms with E-state index < -0.39 is 17.9 Å². The Morgan fingerprint density at radius 2 is 1.96 bits per heavy atom. The Kier molecular flexibility index (Phi) is 9.07. The van der Waals surface area contributed by atoms with E-state index in [4.69, 9.17) is 5.73 Å². The van der Waals surface area contributed by atoms with Crippen LogP contribution in [-0.4, -0.2) is 32.2 Å². The fourth-order valence-corrected chi connectivity index (χ4v) is 1.59. The number of carbonyl (C=O) groups excluding carboxylic acids is 1. The lowest BCUT2D eigenvalue weighted by Gasteiger charge is -2.10. The van der Waals surface area contributed by atoms with Gasteiger partial charge in [0, 0.05) is 18.7 Å². The number of carbonyl (C=O) groups is 1. The van der Waals surface area contributed by atoms with Gasteiger partial charge < -0.3 is 15.8 Å². The van der Waals surface area contributed by atoms with Gasteiger partial charge in [-0.05, 0) is 6.07 Å². The minimum absolute atomic E-state index is 0.131. The van der Waals surface area contributed by atoms with Crippen molar-refractivity contribution in [2.24, 2.45) is 0 Å². The topological polar surface area (TPSA) is 108 Å². The second-order valence-corrected chi connectivity index (χ2v) is 4.33. The number of ether oxygens (including phenoxy) is 1. The van der Waals surface area contributed by atoms with Gasteiger partial charge in [0.05, 0.1) is 6.20 Å². The molecule has 0 aliphatic heterocycles. The summed E-state index contributed by atoms with van der Waals surface area (Å²) in [5.74, 6) is -1.29. The highest BCUT2D eigenvalue weighted by Crippen LogP contribution is 2.30. The molecule has 0 saturated carbocycles. The van der Waals surface area contributed by atoms with Gasteiger partial charge in [0.2, 0.25) is 5.91 Å². The zero-order valence-corrected chi connectivity index (χ0v) is 14.9. The van der Waals surface area contributed by atoms with E-state index in [0.29, 0.717) is 0 Å². The highest BCUT2D eigenvalue weighted by molar-refractivity contribution is 5.79. The molecule has 0 aliphatic rings. The number of hydrogen-bond acceptors (Lipinski definition) is 6. The molecule has 2 heterocycles. The van der Waals surface area contributed by atoms with Crippen molar-refractivity contribution < 1.29 is 22.7 Å². The largest absolute Gasteiger partial charge is 0.573 e. The molecule has 2 aromatic rings. The highest BCUT2D eigenvalue weighted by Gasteiger charge is 2.32. The van der Waals surface area contributed by atoms with Crippen LogP contribution in [0.15, 0.2) is 25.0 Å². The molecule has 0 aliphatic carbocycles. The maximum atomic E-state index is 12.3. The quantitative estimate of drug-likeness (QED) is 0.785. The van der Waals surface area contributed by atoms with E-state index in [-0.39, 0.29) is 23.0 Å². The summed E-state index contributed by atoms with van der Waals surface area (Å²) in [7, 11) is 0. The highest BCUT2D eigenvalue weighted by atomic mass is 19.4. The maximum Gasteiger partial charge on any atom is 0.573 e. The van der Waals surface area contributed by atoms with E-state index in [2.05, 4.69) is 44.8 Å². The SMILES string of the molecule is C#C.C=C(NC(C)=O)n1cc(-c2cnc(N)c(OC(F)(F)F)c2)nn1.CC. The van der Waals surface area contributed by atoms with Gasteiger partial charge in [-0.2, -0.15) is 0 Å². The molecule has 27 heavy (non-hydrogen) atoms. The van der Waals surface area contributed by atoms with E-state index in [0.717, 1.165) is 10.7 Å². The van der Waals surface area contributed by atoms with E-state index in [9.17, 15) is 18.0 Å². The number of pyridine rings is 1. The third kappa shape index (κ3) is 7.47. The number of nitrogens with two attached hydrogens (primary N) is 1. The fourth-order valence-electron chi connectivity index (χ4n) is 1.59. The summed E-state index contributed by atoms with van der Waals surface area (Å²) in [5, 5.41) is 9.86. The number of amides is 1. The van der Waals surface area contributed by atoms with Gasteiger partial charge in [0.15, 0.2) is 11.6 Å². The lowest BCUT2D eigenvalue weighted by atomic mass is 10.2. The number of alkyl halides is 3. The Morgan fingerprint density at radius 1 is 1.37 bits per heavy atom. The normalized spacial score (nSPS) is 9.78. The van der Waals surface area contributed by atoms with Crippen molar-refractivity contribution >= 4 is 17.5 Å². The molecule has 8 nitrogen and oxygen atoms in total. The first-order valence-electron chi connectivity index (χ1n) is 7.40. The summed E-state index contributed by atoms with van der Waals surface area (Å²) >= 11 is 0. The number of nitrogen functional groups attached to an aromatic ring is 1. The number of aromatic nitrogens is 4. The average Bonchev–Trinajstić information content (AvgIpc) is 3.09. The first-order valence-corrected chi connectivity index (χ1v) is 7.40. The van der Waals surface area contributed by atoms with Crippen LogP contribution < -0.4 is 15.8 Å². The molecule has 0 atom stereocenters. The van der Waals surface area contributed by atoms with Gasteiger partial charge in [-0.15, -0.1) is 31.1 Å². The predicted octanol–water partition coefficient (Wildman–Crippen LogP) is 2.66. The van der Waals surface area contributed by atoms with E-state index in [1.807, 2.05) is 13.8 Å². The van der Waals surface area contributed by atoms with Crippen molar-refractivity contribution in [2.75, 3.05) is 5.73 Å². The zero-order chi connectivity index (χ0) is 21.2. The van der Waals surface area contributed by atoms with Gasteiger partial charge in [0.25, 0.3) is 0 Å². The molecule has 11 heteroatoms. The van der Waals surface area contributed by atoms with Gasteiger partial charge >= 0.3 is 6.36 Å². The van der Waals surface area contributed by atoms with Crippen LogP contribution in [0.4, 0.5) is 19.0 Å². The second-order valence-electron chi connectivity index (χ2n) is 4.33. The predicted molar refractivity (Wildman–Crippen MR) is 94.7 cm³/mol. The summed E-state index contributed by atoms with van der Waals surface area (Å²) in [6.45, 7) is 8.86. The molecule has 3 N–H and O–H groups in total. The van der Waals surface area contributed by atoms with Crippen molar-refractivity contribution in [3.8, 4) is 29.9 Å². The summed E-state index contributed by atoms with van der Waals surface area (Å²) in [4.78, 5) is 14.6. The Balaban J connectivity index is 0.00000158. The fraction of sp³-hybridized carbons (Fsp3) is 0.250. The van der Waals surface area contributed by atoms with E-state index in [1.54, 1.807) is 0 Å². The van der Waals surface area contributed by atoms with Gasteiger partial charge in [0.1, 0.15) is 11.5 Å². The minimum Gasteiger partial charge on any atom is -0.402 e. The Labute approximate surface area is 154 Å². The molecule has 0 fully saturated rings. The molecule has 0 spiro atoms. The van der Waals surface area contributed by atoms with Crippen LogP contribution in [0.1, 0.15) is 20.8 Å². The van der Waals surface area contributed by atoms with Crippen molar-refractivity contribution in [1.29, 1.82) is 0 Å². The Bertz CT molecular complexity index is 799. The number of halogens is 3. The molecule has 0 unspecified atom stereocenters. The van der Waals surface area contributed by atoms with Crippen LogP contribution in [-0.2, 0) is 4.79 Å². The molecule has 0 radical (unpaired) electrons. The summed E-state index contributed by atoms with van der Waals surface area (Å²) in [6, 6.07) is 1.03. The molecule has 146 valence electrons. The van der Waals surface area contributed by atoms with Gasteiger partial charge in [-0.25, -0.2) is 9.67 Å². The van der Waals surface area contributed by atoms with Crippen LogP contribution in [0.25, 0.3) is 17.1 Å². The zero-order valence-electron chi connectivity index (χ0n) is 14.9. The second kappa shape index (κ2) is 10.4. The van der Waals surface area contributed by atoms with Crippen LogP contribution in [0.5, 0.6) is 5.75 Å². The Morgan fingerprint density at radius 3 is 2.48 bits per heavy atom. The lowest BCUT2D eigenvalue weighted by molar-refractivity contribution is -0.274. The van der Waals surface area contributed by atoms with Crippen molar-refractivity contribution in [3.63, 3.8) is 0 Å². The van der Waals surface area contributed by atoms with Crippen molar-refractivity contribution in [2.45, 2.75) is 27.1 Å². The number of nitrogens with zero attached hydrogens (tertiary/aromatic N) is 4. The number of terminal acetylenes is 1. The molecular weight excluding hydrogens is 365 g/mol. The molecule has 2 rings (SSSR count). The number of hydrogen-bond donors (Lipinski definition) is 2. The first kappa shape index (κ1) is 23.4. The van der Waals surface area contributed by atoms with E-state index in [1.165, 1.54) is 19.3 Å². The van der Waals surface area contributed by atoms with Crippen molar-refractivity contribution in [3.05, 3.63) is 25.0 Å². The minimum atomic E-state index is -4.90. The Hall–Kier alpha value is -3.55. The molecule has 2 aromatic heterocycles. The number of anilines is 1. The molecule has 0 saturated heterocycles. The van der Waals surface area contributed by atoms with Crippen molar-refractivity contribution in [1.82, 2.24) is 25.3 Å². The molecule has 1 amide bonds. The maximum absolute atomic E-state index is 12.3. The van der Waals surface area contributed by atoms with Crippen LogP contribution in [0.2, 0.25) is 0 Å². The van der Waals surface area contributed by atoms with Gasteiger partial charge in [-0.1, -0.05) is 25.6 Å². The lowest BCUT2D eigenvalue weighted by Crippen LogP contribution is -2.21. The smallest absolute Gasteiger partial charge is 0.402 e. The summed E-state index contributed by atoms with van der Waals surface area (Å²) in [6.07, 6.45) is 5.67. The summed E-state index contributed by atoms with van der Waals surface area (Å²) in [5.41, 5.74) is 5.73. The van der Waals surface area contributed by atoms with Gasteiger partial charge in [-0.3, -0.25) is 4.79 Å². The standard InChI is InChI=1S/C12H11F3N6O2.C2H6.C2H2/c1-6(18-7(2)22)21-5-9(19-20-21)8-3-10(11(16)17-4-8)23-12(13,14)15;2*1-2/h3-5H,1H2,2H3,(H2,16,17)(H,18,22);1-2H3;1-2H. The molecular formula is C16H19F3N6O2. The molecule has 0 bridgehead atoms.